The van der Waals surface area contributed by atoms with E-state index in [0.29, 0.717) is 5.46 Å². The molecule has 0 saturated heterocycles. The van der Waals surface area contributed by atoms with Crippen molar-refractivity contribution in [2.45, 2.75) is 11.9 Å². The molecule has 0 atom stereocenters. The first-order valence-corrected chi connectivity index (χ1v) is 4.67. The molecular formula is C7H10BNO2S. The van der Waals surface area contributed by atoms with E-state index in [2.05, 4.69) is 4.98 Å². The van der Waals surface area contributed by atoms with Gasteiger partial charge in [-0.15, -0.1) is 11.8 Å². The maximum Gasteiger partial charge on any atom is 0.490 e. The molecule has 0 aliphatic rings. The standard InChI is InChI=1S/C7H10BNO2S/c1-2-12-7-4-3-6(5-9-7)8(10)11/h3-5,10-11H,2H2,1H3. The van der Waals surface area contributed by atoms with E-state index in [9.17, 15) is 0 Å². The Morgan fingerprint density at radius 1 is 1.50 bits per heavy atom. The van der Waals surface area contributed by atoms with Crippen molar-refractivity contribution >= 4 is 24.3 Å². The quantitative estimate of drug-likeness (QED) is 0.506. The number of nitrogens with zero attached hydrogens (tertiary/aromatic N) is 1. The third kappa shape index (κ3) is 2.51. The van der Waals surface area contributed by atoms with Crippen molar-refractivity contribution in [1.82, 2.24) is 4.98 Å². The molecule has 0 radical (unpaired) electrons. The van der Waals surface area contributed by atoms with Crippen LogP contribution in [0.2, 0.25) is 0 Å². The fourth-order valence-electron chi connectivity index (χ4n) is 0.778. The van der Waals surface area contributed by atoms with Gasteiger partial charge in [-0.05, 0) is 11.8 Å². The second-order valence-electron chi connectivity index (χ2n) is 2.24. The topological polar surface area (TPSA) is 53.4 Å². The highest BCUT2D eigenvalue weighted by atomic mass is 32.2. The zero-order valence-corrected chi connectivity index (χ0v) is 7.58. The molecule has 0 aromatic carbocycles. The van der Waals surface area contributed by atoms with Gasteiger partial charge in [-0.25, -0.2) is 0 Å². The van der Waals surface area contributed by atoms with E-state index in [4.69, 9.17) is 10.0 Å². The van der Waals surface area contributed by atoms with E-state index >= 15 is 0 Å². The predicted molar refractivity (Wildman–Crippen MR) is 50.5 cm³/mol. The molecule has 3 nitrogen and oxygen atoms in total. The molecule has 12 heavy (non-hydrogen) atoms. The summed E-state index contributed by atoms with van der Waals surface area (Å²) in [6.45, 7) is 2.04. The monoisotopic (exact) mass is 183 g/mol. The van der Waals surface area contributed by atoms with Gasteiger partial charge in [-0.1, -0.05) is 13.0 Å². The Morgan fingerprint density at radius 2 is 2.25 bits per heavy atom. The van der Waals surface area contributed by atoms with Crippen LogP contribution in [0.1, 0.15) is 6.92 Å². The summed E-state index contributed by atoms with van der Waals surface area (Å²) in [5, 5.41) is 18.4. The SMILES string of the molecule is CCSc1ccc(B(O)O)cn1. The van der Waals surface area contributed by atoms with Gasteiger partial charge in [0.05, 0.1) is 5.03 Å². The van der Waals surface area contributed by atoms with E-state index in [0.717, 1.165) is 10.8 Å². The molecule has 0 saturated carbocycles. The van der Waals surface area contributed by atoms with Crippen molar-refractivity contribution in [2.24, 2.45) is 0 Å². The summed E-state index contributed by atoms with van der Waals surface area (Å²) in [6, 6.07) is 3.44. The Kier molecular flexibility index (Phi) is 3.59. The summed E-state index contributed by atoms with van der Waals surface area (Å²) in [6.07, 6.45) is 1.47. The normalized spacial score (nSPS) is 9.92. The molecule has 2 N–H and O–H groups in total. The summed E-state index contributed by atoms with van der Waals surface area (Å²) >= 11 is 1.62. The lowest BCUT2D eigenvalue weighted by molar-refractivity contribution is 0.425. The zero-order valence-electron chi connectivity index (χ0n) is 6.77. The number of hydrogen-bond acceptors (Lipinski definition) is 4. The second kappa shape index (κ2) is 4.50. The van der Waals surface area contributed by atoms with Crippen LogP contribution in [0, 0.1) is 0 Å². The molecule has 1 aromatic rings. The van der Waals surface area contributed by atoms with Crippen LogP contribution < -0.4 is 5.46 Å². The molecule has 0 fully saturated rings. The number of aromatic nitrogens is 1. The van der Waals surface area contributed by atoms with Crippen LogP contribution in [0.4, 0.5) is 0 Å². The van der Waals surface area contributed by atoms with Crippen molar-refractivity contribution in [2.75, 3.05) is 5.75 Å². The Labute approximate surface area is 76.0 Å². The van der Waals surface area contributed by atoms with E-state index in [1.54, 1.807) is 23.9 Å². The Morgan fingerprint density at radius 3 is 2.67 bits per heavy atom. The lowest BCUT2D eigenvalue weighted by Gasteiger charge is -1.99. The van der Waals surface area contributed by atoms with Crippen molar-refractivity contribution in [3.63, 3.8) is 0 Å². The summed E-state index contributed by atoms with van der Waals surface area (Å²) in [4.78, 5) is 4.03. The van der Waals surface area contributed by atoms with Crippen molar-refractivity contribution < 1.29 is 10.0 Å². The minimum Gasteiger partial charge on any atom is -0.423 e. The van der Waals surface area contributed by atoms with Crippen molar-refractivity contribution in [3.8, 4) is 0 Å². The average Bonchev–Trinajstić information content (AvgIpc) is 2.06. The van der Waals surface area contributed by atoms with E-state index in [1.165, 1.54) is 6.20 Å². The van der Waals surface area contributed by atoms with Gasteiger partial charge in [0.1, 0.15) is 0 Å². The summed E-state index contributed by atoms with van der Waals surface area (Å²) in [5.74, 6) is 0.966. The molecule has 0 spiro atoms. The van der Waals surface area contributed by atoms with Crippen LogP contribution in [-0.4, -0.2) is 27.9 Å². The number of pyridine rings is 1. The molecule has 1 heterocycles. The highest BCUT2D eigenvalue weighted by molar-refractivity contribution is 7.99. The second-order valence-corrected chi connectivity index (χ2v) is 3.52. The van der Waals surface area contributed by atoms with Gasteiger partial charge in [0, 0.05) is 11.7 Å². The number of rotatable bonds is 3. The first-order valence-electron chi connectivity index (χ1n) is 3.69. The van der Waals surface area contributed by atoms with Crippen LogP contribution in [-0.2, 0) is 0 Å². The van der Waals surface area contributed by atoms with Crippen LogP contribution in [0.5, 0.6) is 0 Å². The smallest absolute Gasteiger partial charge is 0.423 e. The van der Waals surface area contributed by atoms with Crippen LogP contribution >= 0.6 is 11.8 Å². The zero-order chi connectivity index (χ0) is 8.97. The van der Waals surface area contributed by atoms with Gasteiger partial charge >= 0.3 is 7.12 Å². The summed E-state index contributed by atoms with van der Waals surface area (Å²) in [7, 11) is -1.42. The lowest BCUT2D eigenvalue weighted by Crippen LogP contribution is -2.29. The number of hydrogen-bond donors (Lipinski definition) is 2. The van der Waals surface area contributed by atoms with E-state index < -0.39 is 7.12 Å². The highest BCUT2D eigenvalue weighted by Gasteiger charge is 2.10. The minimum absolute atomic E-state index is 0.426. The van der Waals surface area contributed by atoms with Gasteiger partial charge in [-0.2, -0.15) is 0 Å². The predicted octanol–water partition coefficient (Wildman–Crippen LogP) is -0.127. The molecule has 0 bridgehead atoms. The Hall–Kier alpha value is -0.515. The van der Waals surface area contributed by atoms with Crippen LogP contribution in [0.25, 0.3) is 0 Å². The third-order valence-corrected chi connectivity index (χ3v) is 2.18. The largest absolute Gasteiger partial charge is 0.490 e. The molecule has 1 aromatic heterocycles. The van der Waals surface area contributed by atoms with Crippen LogP contribution in [0.15, 0.2) is 23.4 Å². The molecule has 0 aliphatic heterocycles. The van der Waals surface area contributed by atoms with Crippen LogP contribution in [0.3, 0.4) is 0 Å². The first kappa shape index (κ1) is 9.57. The van der Waals surface area contributed by atoms with Gasteiger partial charge in [0.15, 0.2) is 0 Å². The lowest BCUT2D eigenvalue weighted by atomic mass is 9.82. The fourth-order valence-corrected chi connectivity index (χ4v) is 1.37. The fraction of sp³-hybridized carbons (Fsp3) is 0.286. The molecule has 0 unspecified atom stereocenters. The number of thioether (sulfide) groups is 1. The van der Waals surface area contributed by atoms with Crippen molar-refractivity contribution in [3.05, 3.63) is 18.3 Å². The molecule has 0 aliphatic carbocycles. The average molecular weight is 183 g/mol. The van der Waals surface area contributed by atoms with Gasteiger partial charge in [-0.3, -0.25) is 4.98 Å². The molecule has 1 rings (SSSR count). The molecule has 5 heteroatoms. The maximum absolute atomic E-state index is 8.75. The molecule has 64 valence electrons. The minimum atomic E-state index is -1.42. The van der Waals surface area contributed by atoms with E-state index in [-0.39, 0.29) is 0 Å². The summed E-state index contributed by atoms with van der Waals surface area (Å²) < 4.78 is 0. The van der Waals surface area contributed by atoms with Crippen molar-refractivity contribution in [1.29, 1.82) is 0 Å². The third-order valence-electron chi connectivity index (χ3n) is 1.35. The molecular weight excluding hydrogens is 173 g/mol. The maximum atomic E-state index is 8.75. The Balaban J connectivity index is 2.71. The Bertz CT molecular complexity index is 240. The molecule has 0 amide bonds. The first-order chi connectivity index (χ1) is 5.74. The van der Waals surface area contributed by atoms with Gasteiger partial charge in [0.2, 0.25) is 0 Å². The van der Waals surface area contributed by atoms with E-state index in [1.807, 2.05) is 6.92 Å². The summed E-state index contributed by atoms with van der Waals surface area (Å²) in [5.41, 5.74) is 0.426. The van der Waals surface area contributed by atoms with Gasteiger partial charge < -0.3 is 10.0 Å². The van der Waals surface area contributed by atoms with Gasteiger partial charge in [0.25, 0.3) is 0 Å². The highest BCUT2D eigenvalue weighted by Crippen LogP contribution is 2.11.